The largest absolute Gasteiger partial charge is 0.381 e. The molecule has 0 aromatic heterocycles. The Morgan fingerprint density at radius 2 is 1.96 bits per heavy atom. The lowest BCUT2D eigenvalue weighted by molar-refractivity contribution is 0.108. The van der Waals surface area contributed by atoms with Crippen LogP contribution < -0.4 is 10.6 Å². The molecule has 1 heterocycles. The normalized spacial score (nSPS) is 17.5. The summed E-state index contributed by atoms with van der Waals surface area (Å²) in [6, 6.07) is 0. The first-order valence-electron chi connectivity index (χ1n) is 9.97. The maximum Gasteiger partial charge on any atom is 0.191 e. The molecule has 1 saturated heterocycles. The number of nitrogens with zero attached hydrogens (tertiary/aromatic N) is 2. The van der Waals surface area contributed by atoms with Gasteiger partial charge in [0, 0.05) is 32.8 Å². The molecular weight excluding hydrogens is 300 g/mol. The minimum atomic E-state index is 0.612. The van der Waals surface area contributed by atoms with Gasteiger partial charge in [0.2, 0.25) is 0 Å². The SMILES string of the molecule is CCCN1CCC(CN=C(NCC)NCCCOCC(C)C)CC1. The Bertz CT molecular complexity index is 325. The summed E-state index contributed by atoms with van der Waals surface area (Å²) in [6.45, 7) is 16.9. The van der Waals surface area contributed by atoms with E-state index in [0.29, 0.717) is 5.92 Å². The number of nitrogens with one attached hydrogen (secondary N) is 2. The zero-order valence-electron chi connectivity index (χ0n) is 16.4. The summed E-state index contributed by atoms with van der Waals surface area (Å²) in [7, 11) is 0. The number of piperidine rings is 1. The van der Waals surface area contributed by atoms with Crippen LogP contribution >= 0.6 is 0 Å². The maximum atomic E-state index is 5.62. The summed E-state index contributed by atoms with van der Waals surface area (Å²) >= 11 is 0. The number of guanidine groups is 1. The van der Waals surface area contributed by atoms with Gasteiger partial charge in [-0.1, -0.05) is 20.8 Å². The van der Waals surface area contributed by atoms with Gasteiger partial charge in [-0.25, -0.2) is 0 Å². The third kappa shape index (κ3) is 10.1. The lowest BCUT2D eigenvalue weighted by atomic mass is 9.97. The van der Waals surface area contributed by atoms with E-state index in [1.807, 2.05) is 0 Å². The van der Waals surface area contributed by atoms with Crippen molar-refractivity contribution in [1.29, 1.82) is 0 Å². The Kier molecular flexibility index (Phi) is 11.9. The summed E-state index contributed by atoms with van der Waals surface area (Å²) in [5.74, 6) is 2.31. The van der Waals surface area contributed by atoms with E-state index < -0.39 is 0 Å². The minimum Gasteiger partial charge on any atom is -0.381 e. The molecule has 0 unspecified atom stereocenters. The monoisotopic (exact) mass is 340 g/mol. The molecule has 0 aliphatic carbocycles. The minimum absolute atomic E-state index is 0.612. The van der Waals surface area contributed by atoms with Gasteiger partial charge in [-0.2, -0.15) is 0 Å². The molecule has 0 spiro atoms. The fourth-order valence-corrected chi connectivity index (χ4v) is 2.97. The van der Waals surface area contributed by atoms with E-state index in [2.05, 4.69) is 43.2 Å². The molecule has 2 N–H and O–H groups in total. The molecule has 0 bridgehead atoms. The van der Waals surface area contributed by atoms with Crippen LogP contribution in [0.3, 0.4) is 0 Å². The fraction of sp³-hybridized carbons (Fsp3) is 0.947. The van der Waals surface area contributed by atoms with Crippen molar-refractivity contribution in [3.63, 3.8) is 0 Å². The van der Waals surface area contributed by atoms with Gasteiger partial charge in [-0.3, -0.25) is 4.99 Å². The van der Waals surface area contributed by atoms with Gasteiger partial charge in [0.25, 0.3) is 0 Å². The lowest BCUT2D eigenvalue weighted by Gasteiger charge is -2.31. The molecule has 1 aliphatic rings. The topological polar surface area (TPSA) is 48.9 Å². The molecule has 5 heteroatoms. The van der Waals surface area contributed by atoms with Crippen LogP contribution in [-0.2, 0) is 4.74 Å². The number of likely N-dealkylation sites (tertiary alicyclic amines) is 1. The molecule has 1 fully saturated rings. The van der Waals surface area contributed by atoms with E-state index in [9.17, 15) is 0 Å². The Morgan fingerprint density at radius 3 is 2.58 bits per heavy atom. The molecule has 0 aromatic rings. The third-order valence-electron chi connectivity index (χ3n) is 4.31. The van der Waals surface area contributed by atoms with Crippen molar-refractivity contribution in [3.05, 3.63) is 0 Å². The first-order chi connectivity index (χ1) is 11.7. The average molecular weight is 341 g/mol. The second-order valence-corrected chi connectivity index (χ2v) is 7.25. The van der Waals surface area contributed by atoms with E-state index in [0.717, 1.165) is 51.1 Å². The van der Waals surface area contributed by atoms with E-state index in [4.69, 9.17) is 9.73 Å². The fourth-order valence-electron chi connectivity index (χ4n) is 2.97. The highest BCUT2D eigenvalue weighted by molar-refractivity contribution is 5.79. The quantitative estimate of drug-likeness (QED) is 0.345. The van der Waals surface area contributed by atoms with Gasteiger partial charge in [-0.15, -0.1) is 0 Å². The highest BCUT2D eigenvalue weighted by Crippen LogP contribution is 2.17. The van der Waals surface area contributed by atoms with Crippen LogP contribution in [0.25, 0.3) is 0 Å². The molecule has 0 atom stereocenters. The number of hydrogen-bond donors (Lipinski definition) is 2. The molecular formula is C19H40N4O. The first-order valence-corrected chi connectivity index (χ1v) is 9.97. The Hall–Kier alpha value is -0.810. The highest BCUT2D eigenvalue weighted by Gasteiger charge is 2.18. The second-order valence-electron chi connectivity index (χ2n) is 7.25. The van der Waals surface area contributed by atoms with Gasteiger partial charge in [0.1, 0.15) is 0 Å². The summed E-state index contributed by atoms with van der Waals surface area (Å²) in [4.78, 5) is 7.37. The molecule has 0 aromatic carbocycles. The molecule has 142 valence electrons. The third-order valence-corrected chi connectivity index (χ3v) is 4.31. The summed E-state index contributed by atoms with van der Waals surface area (Å²) in [5, 5.41) is 6.77. The van der Waals surface area contributed by atoms with Gasteiger partial charge in [0.05, 0.1) is 0 Å². The highest BCUT2D eigenvalue weighted by atomic mass is 16.5. The molecule has 1 aliphatic heterocycles. The number of rotatable bonds is 11. The lowest BCUT2D eigenvalue weighted by Crippen LogP contribution is -2.39. The van der Waals surface area contributed by atoms with Crippen molar-refractivity contribution < 1.29 is 4.74 Å². The van der Waals surface area contributed by atoms with Gasteiger partial charge in [0.15, 0.2) is 5.96 Å². The smallest absolute Gasteiger partial charge is 0.191 e. The van der Waals surface area contributed by atoms with Gasteiger partial charge in [-0.05, 0) is 64.1 Å². The predicted molar refractivity (Wildman–Crippen MR) is 104 cm³/mol. The molecule has 24 heavy (non-hydrogen) atoms. The maximum absolute atomic E-state index is 5.62. The average Bonchev–Trinajstić information content (AvgIpc) is 2.57. The van der Waals surface area contributed by atoms with Crippen LogP contribution in [0.4, 0.5) is 0 Å². The van der Waals surface area contributed by atoms with Crippen LogP contribution in [0.2, 0.25) is 0 Å². The van der Waals surface area contributed by atoms with Gasteiger partial charge < -0.3 is 20.3 Å². The second kappa shape index (κ2) is 13.5. The van der Waals surface area contributed by atoms with Crippen LogP contribution in [-0.4, -0.2) is 63.3 Å². The van der Waals surface area contributed by atoms with Crippen molar-refractivity contribution in [1.82, 2.24) is 15.5 Å². The standard InChI is InChI=1S/C19H40N4O/c1-5-11-23-12-8-18(9-13-23)15-22-19(20-6-2)21-10-7-14-24-16-17(3)4/h17-18H,5-16H2,1-4H3,(H2,20,21,22). The van der Waals surface area contributed by atoms with Crippen molar-refractivity contribution in [2.45, 2.75) is 53.4 Å². The van der Waals surface area contributed by atoms with E-state index >= 15 is 0 Å². The zero-order chi connectivity index (χ0) is 17.6. The molecule has 0 saturated carbocycles. The summed E-state index contributed by atoms with van der Waals surface area (Å²) in [5.41, 5.74) is 0. The zero-order valence-corrected chi connectivity index (χ0v) is 16.4. The van der Waals surface area contributed by atoms with Crippen LogP contribution in [0.15, 0.2) is 4.99 Å². The molecule has 5 nitrogen and oxygen atoms in total. The van der Waals surface area contributed by atoms with Crippen LogP contribution in [0.5, 0.6) is 0 Å². The van der Waals surface area contributed by atoms with E-state index in [1.165, 1.54) is 38.9 Å². The number of aliphatic imine (C=N–C) groups is 1. The summed E-state index contributed by atoms with van der Waals surface area (Å²) in [6.07, 6.45) is 4.85. The number of hydrogen-bond acceptors (Lipinski definition) is 3. The van der Waals surface area contributed by atoms with Crippen molar-refractivity contribution in [2.24, 2.45) is 16.8 Å². The first kappa shape index (κ1) is 21.2. The Balaban J connectivity index is 2.20. The number of ether oxygens (including phenoxy) is 1. The summed E-state index contributed by atoms with van der Waals surface area (Å²) < 4.78 is 5.62. The van der Waals surface area contributed by atoms with Crippen molar-refractivity contribution >= 4 is 5.96 Å². The molecule has 0 radical (unpaired) electrons. The molecule has 0 amide bonds. The Labute approximate surface area is 149 Å². The molecule has 1 rings (SSSR count). The Morgan fingerprint density at radius 1 is 1.21 bits per heavy atom. The van der Waals surface area contributed by atoms with E-state index in [-0.39, 0.29) is 0 Å². The van der Waals surface area contributed by atoms with Crippen LogP contribution in [0.1, 0.15) is 53.4 Å². The van der Waals surface area contributed by atoms with E-state index in [1.54, 1.807) is 0 Å². The van der Waals surface area contributed by atoms with Crippen LogP contribution in [0, 0.1) is 11.8 Å². The predicted octanol–water partition coefficient (Wildman–Crippen LogP) is 2.73. The van der Waals surface area contributed by atoms with Crippen molar-refractivity contribution in [2.75, 3.05) is 52.5 Å². The van der Waals surface area contributed by atoms with Crippen molar-refractivity contribution in [3.8, 4) is 0 Å². The van der Waals surface area contributed by atoms with Gasteiger partial charge >= 0.3 is 0 Å².